The summed E-state index contributed by atoms with van der Waals surface area (Å²) in [7, 11) is 0. The molecule has 1 fully saturated rings. The second-order valence-corrected chi connectivity index (χ2v) is 6.18. The largest absolute Gasteiger partial charge is 0.315 e. The standard InChI is InChI=1S/C15H18N2OS/c1-10-3-2-4-11(5-10)12-6-13(7-12)16-8-14-9-19-15(18)17-14/h2-5,9,12-13,16H,6-8H2,1H3,(H,17,18). The normalized spacial score (nSPS) is 22.2. The van der Waals surface area contributed by atoms with Crippen LogP contribution in [-0.2, 0) is 6.54 Å². The fraction of sp³-hybridized carbons (Fsp3) is 0.400. The lowest BCUT2D eigenvalue weighted by molar-refractivity contribution is 0.288. The summed E-state index contributed by atoms with van der Waals surface area (Å²) in [5, 5.41) is 5.39. The summed E-state index contributed by atoms with van der Waals surface area (Å²) in [6, 6.07) is 9.38. The van der Waals surface area contributed by atoms with Gasteiger partial charge >= 0.3 is 4.87 Å². The van der Waals surface area contributed by atoms with Crippen LogP contribution in [0.3, 0.4) is 0 Å². The molecule has 100 valence electrons. The van der Waals surface area contributed by atoms with Crippen molar-refractivity contribution in [1.82, 2.24) is 10.3 Å². The van der Waals surface area contributed by atoms with Crippen molar-refractivity contribution in [3.05, 3.63) is 56.1 Å². The molecule has 0 radical (unpaired) electrons. The molecule has 0 bridgehead atoms. The average molecular weight is 274 g/mol. The van der Waals surface area contributed by atoms with Crippen LogP contribution in [0, 0.1) is 6.92 Å². The van der Waals surface area contributed by atoms with E-state index in [0.29, 0.717) is 12.0 Å². The van der Waals surface area contributed by atoms with Crippen LogP contribution < -0.4 is 10.2 Å². The topological polar surface area (TPSA) is 44.9 Å². The third-order valence-corrected chi connectivity index (χ3v) is 4.52. The number of rotatable bonds is 4. The summed E-state index contributed by atoms with van der Waals surface area (Å²) in [6.07, 6.45) is 2.38. The fourth-order valence-corrected chi connectivity index (χ4v) is 3.22. The van der Waals surface area contributed by atoms with Gasteiger partial charge in [0.25, 0.3) is 0 Å². The van der Waals surface area contributed by atoms with Crippen molar-refractivity contribution < 1.29 is 0 Å². The van der Waals surface area contributed by atoms with Crippen LogP contribution in [0.25, 0.3) is 0 Å². The van der Waals surface area contributed by atoms with Crippen molar-refractivity contribution in [3.63, 3.8) is 0 Å². The minimum absolute atomic E-state index is 0.0306. The second-order valence-electron chi connectivity index (χ2n) is 5.33. The number of H-pyrrole nitrogens is 1. The molecule has 0 atom stereocenters. The van der Waals surface area contributed by atoms with Crippen LogP contribution in [0.4, 0.5) is 0 Å². The van der Waals surface area contributed by atoms with E-state index in [1.165, 1.54) is 35.3 Å². The van der Waals surface area contributed by atoms with Gasteiger partial charge < -0.3 is 10.3 Å². The molecule has 0 unspecified atom stereocenters. The van der Waals surface area contributed by atoms with Crippen LogP contribution in [0.2, 0.25) is 0 Å². The number of hydrogen-bond donors (Lipinski definition) is 2. The van der Waals surface area contributed by atoms with E-state index >= 15 is 0 Å². The number of aromatic nitrogens is 1. The van der Waals surface area contributed by atoms with Gasteiger partial charge in [-0.15, -0.1) is 0 Å². The summed E-state index contributed by atoms with van der Waals surface area (Å²) >= 11 is 1.23. The first-order valence-electron chi connectivity index (χ1n) is 6.67. The monoisotopic (exact) mass is 274 g/mol. The van der Waals surface area contributed by atoms with Gasteiger partial charge in [-0.1, -0.05) is 41.2 Å². The molecule has 1 aromatic heterocycles. The lowest BCUT2D eigenvalue weighted by Crippen LogP contribution is -2.39. The molecule has 1 saturated carbocycles. The maximum Gasteiger partial charge on any atom is 0.304 e. The van der Waals surface area contributed by atoms with E-state index in [0.717, 1.165) is 12.2 Å². The zero-order valence-electron chi connectivity index (χ0n) is 11.0. The molecule has 3 rings (SSSR count). The molecule has 3 nitrogen and oxygen atoms in total. The van der Waals surface area contributed by atoms with Gasteiger partial charge in [0.15, 0.2) is 0 Å². The molecule has 1 aliphatic rings. The van der Waals surface area contributed by atoms with Crippen molar-refractivity contribution in [2.45, 2.75) is 38.3 Å². The molecule has 0 aliphatic heterocycles. The third-order valence-electron chi connectivity index (χ3n) is 3.80. The number of benzene rings is 1. The van der Waals surface area contributed by atoms with Gasteiger partial charge in [0.05, 0.1) is 0 Å². The Bertz CT molecular complexity index is 610. The average Bonchev–Trinajstić information content (AvgIpc) is 2.73. The van der Waals surface area contributed by atoms with Gasteiger partial charge in [0.2, 0.25) is 0 Å². The number of thiazole rings is 1. The van der Waals surface area contributed by atoms with Crippen LogP contribution >= 0.6 is 11.3 Å². The van der Waals surface area contributed by atoms with Gasteiger partial charge in [-0.3, -0.25) is 4.79 Å². The molecule has 0 spiro atoms. The predicted octanol–water partition coefficient (Wildman–Crippen LogP) is 2.78. The Morgan fingerprint density at radius 3 is 2.95 bits per heavy atom. The summed E-state index contributed by atoms with van der Waals surface area (Å²) in [5.74, 6) is 0.693. The Hall–Kier alpha value is -1.39. The molecule has 0 amide bonds. The van der Waals surface area contributed by atoms with E-state index in [9.17, 15) is 4.79 Å². The molecule has 0 saturated heterocycles. The van der Waals surface area contributed by atoms with Gasteiger partial charge in [0, 0.05) is 23.7 Å². The molecular weight excluding hydrogens is 256 g/mol. The number of hydrogen-bond acceptors (Lipinski definition) is 3. The van der Waals surface area contributed by atoms with E-state index in [1.54, 1.807) is 0 Å². The van der Waals surface area contributed by atoms with Gasteiger partial charge in [0.1, 0.15) is 0 Å². The quantitative estimate of drug-likeness (QED) is 0.900. The molecule has 1 heterocycles. The zero-order valence-corrected chi connectivity index (χ0v) is 11.8. The van der Waals surface area contributed by atoms with Crippen molar-refractivity contribution in [2.75, 3.05) is 0 Å². The third kappa shape index (κ3) is 2.96. The van der Waals surface area contributed by atoms with E-state index in [4.69, 9.17) is 0 Å². The highest BCUT2D eigenvalue weighted by atomic mass is 32.1. The number of aryl methyl sites for hydroxylation is 1. The summed E-state index contributed by atoms with van der Waals surface area (Å²) < 4.78 is 0. The molecule has 1 aromatic carbocycles. The van der Waals surface area contributed by atoms with Gasteiger partial charge in [-0.2, -0.15) is 0 Å². The molecule has 19 heavy (non-hydrogen) atoms. The minimum Gasteiger partial charge on any atom is -0.315 e. The van der Waals surface area contributed by atoms with Crippen molar-refractivity contribution >= 4 is 11.3 Å². The van der Waals surface area contributed by atoms with Gasteiger partial charge in [-0.25, -0.2) is 0 Å². The maximum absolute atomic E-state index is 11.0. The van der Waals surface area contributed by atoms with Crippen LogP contribution in [0.15, 0.2) is 34.4 Å². The summed E-state index contributed by atoms with van der Waals surface area (Å²) in [5.41, 5.74) is 3.79. The molecule has 4 heteroatoms. The molecular formula is C15H18N2OS. The molecule has 1 aliphatic carbocycles. The lowest BCUT2D eigenvalue weighted by atomic mass is 9.75. The first kappa shape index (κ1) is 12.6. The Kier molecular flexibility index (Phi) is 3.53. The van der Waals surface area contributed by atoms with Crippen LogP contribution in [0.5, 0.6) is 0 Å². The van der Waals surface area contributed by atoms with E-state index < -0.39 is 0 Å². The highest BCUT2D eigenvalue weighted by molar-refractivity contribution is 7.07. The van der Waals surface area contributed by atoms with Crippen molar-refractivity contribution in [3.8, 4) is 0 Å². The molecule has 2 N–H and O–H groups in total. The first-order valence-corrected chi connectivity index (χ1v) is 7.55. The van der Waals surface area contributed by atoms with Crippen LogP contribution in [-0.4, -0.2) is 11.0 Å². The Morgan fingerprint density at radius 2 is 2.26 bits per heavy atom. The highest BCUT2D eigenvalue weighted by Gasteiger charge is 2.29. The Balaban J connectivity index is 1.49. The fourth-order valence-electron chi connectivity index (χ4n) is 2.64. The highest BCUT2D eigenvalue weighted by Crippen LogP contribution is 2.37. The van der Waals surface area contributed by atoms with Crippen LogP contribution in [0.1, 0.15) is 35.6 Å². The van der Waals surface area contributed by atoms with E-state index in [1.807, 2.05) is 5.38 Å². The van der Waals surface area contributed by atoms with Gasteiger partial charge in [-0.05, 0) is 31.2 Å². The maximum atomic E-state index is 11.0. The first-order chi connectivity index (χ1) is 9.20. The minimum atomic E-state index is 0.0306. The number of aromatic amines is 1. The second kappa shape index (κ2) is 5.31. The number of nitrogens with one attached hydrogen (secondary N) is 2. The van der Waals surface area contributed by atoms with Crippen molar-refractivity contribution in [2.24, 2.45) is 0 Å². The van der Waals surface area contributed by atoms with E-state index in [-0.39, 0.29) is 4.87 Å². The Labute approximate surface area is 116 Å². The summed E-state index contributed by atoms with van der Waals surface area (Å²) in [4.78, 5) is 13.9. The van der Waals surface area contributed by atoms with E-state index in [2.05, 4.69) is 41.5 Å². The predicted molar refractivity (Wildman–Crippen MR) is 78.7 cm³/mol. The lowest BCUT2D eigenvalue weighted by Gasteiger charge is -2.36. The van der Waals surface area contributed by atoms with Crippen molar-refractivity contribution in [1.29, 1.82) is 0 Å². The smallest absolute Gasteiger partial charge is 0.304 e. The Morgan fingerprint density at radius 1 is 1.42 bits per heavy atom. The SMILES string of the molecule is Cc1cccc(C2CC(NCc3csc(=O)[nH]3)C2)c1. The molecule has 2 aromatic rings. The summed E-state index contributed by atoms with van der Waals surface area (Å²) in [6.45, 7) is 2.91. The zero-order chi connectivity index (χ0) is 13.2.